The second-order valence-electron chi connectivity index (χ2n) is 4.69. The molecule has 1 aliphatic heterocycles. The lowest BCUT2D eigenvalue weighted by atomic mass is 10.0. The third-order valence-electron chi connectivity index (χ3n) is 3.22. The van der Waals surface area contributed by atoms with Crippen LogP contribution in [0.15, 0.2) is 0 Å². The first-order valence-corrected chi connectivity index (χ1v) is 6.85. The monoisotopic (exact) mass is 229 g/mol. The van der Waals surface area contributed by atoms with Gasteiger partial charge in [0.15, 0.2) is 0 Å². The summed E-state index contributed by atoms with van der Waals surface area (Å²) in [6.07, 6.45) is 9.58. The second-order valence-corrected chi connectivity index (χ2v) is 4.69. The largest absolute Gasteiger partial charge is 0.396 e. The van der Waals surface area contributed by atoms with E-state index in [9.17, 15) is 0 Å². The smallest absolute Gasteiger partial charge is 0.0480 e. The van der Waals surface area contributed by atoms with Gasteiger partial charge in [0.05, 0.1) is 0 Å². The summed E-state index contributed by atoms with van der Waals surface area (Å²) in [5.74, 6) is 0. The van der Waals surface area contributed by atoms with Gasteiger partial charge < -0.3 is 15.2 Å². The van der Waals surface area contributed by atoms with Crippen molar-refractivity contribution in [1.29, 1.82) is 0 Å². The number of rotatable bonds is 9. The van der Waals surface area contributed by atoms with Crippen LogP contribution in [-0.4, -0.2) is 37.5 Å². The summed E-state index contributed by atoms with van der Waals surface area (Å²) >= 11 is 0. The fourth-order valence-corrected chi connectivity index (χ4v) is 2.17. The topological polar surface area (TPSA) is 41.5 Å². The SMILES string of the molecule is OCCCCCCOCCC1CCCCN1. The number of ether oxygens (including phenoxy) is 1. The Morgan fingerprint density at radius 1 is 1.06 bits per heavy atom. The van der Waals surface area contributed by atoms with E-state index in [4.69, 9.17) is 9.84 Å². The number of hydrogen-bond donors (Lipinski definition) is 2. The molecule has 0 aromatic heterocycles. The van der Waals surface area contributed by atoms with Gasteiger partial charge in [0, 0.05) is 25.9 Å². The normalized spacial score (nSPS) is 21.2. The number of nitrogens with one attached hydrogen (secondary N) is 1. The quantitative estimate of drug-likeness (QED) is 0.595. The van der Waals surface area contributed by atoms with Crippen molar-refractivity contribution in [2.45, 2.75) is 57.4 Å². The highest BCUT2D eigenvalue weighted by Crippen LogP contribution is 2.10. The summed E-state index contributed by atoms with van der Waals surface area (Å²) in [7, 11) is 0. The Balaban J connectivity index is 1.77. The summed E-state index contributed by atoms with van der Waals surface area (Å²) < 4.78 is 5.61. The first-order valence-electron chi connectivity index (χ1n) is 6.85. The van der Waals surface area contributed by atoms with Gasteiger partial charge in [-0.15, -0.1) is 0 Å². The van der Waals surface area contributed by atoms with Crippen molar-refractivity contribution in [3.8, 4) is 0 Å². The van der Waals surface area contributed by atoms with Crippen molar-refractivity contribution < 1.29 is 9.84 Å². The van der Waals surface area contributed by atoms with Crippen molar-refractivity contribution in [1.82, 2.24) is 5.32 Å². The van der Waals surface area contributed by atoms with Crippen LogP contribution < -0.4 is 5.32 Å². The van der Waals surface area contributed by atoms with Gasteiger partial charge in [-0.1, -0.05) is 19.3 Å². The highest BCUT2D eigenvalue weighted by molar-refractivity contribution is 4.71. The number of aliphatic hydroxyl groups is 1. The third-order valence-corrected chi connectivity index (χ3v) is 3.22. The Morgan fingerprint density at radius 2 is 1.94 bits per heavy atom. The Kier molecular flexibility index (Phi) is 8.77. The van der Waals surface area contributed by atoms with E-state index in [0.29, 0.717) is 12.6 Å². The van der Waals surface area contributed by atoms with E-state index in [0.717, 1.165) is 38.9 Å². The number of hydrogen-bond acceptors (Lipinski definition) is 3. The molecule has 1 rings (SSSR count). The predicted molar refractivity (Wildman–Crippen MR) is 66.6 cm³/mol. The van der Waals surface area contributed by atoms with Crippen molar-refractivity contribution in [3.63, 3.8) is 0 Å². The molecule has 0 spiro atoms. The molecule has 2 N–H and O–H groups in total. The zero-order valence-corrected chi connectivity index (χ0v) is 10.4. The maximum absolute atomic E-state index is 8.61. The minimum Gasteiger partial charge on any atom is -0.396 e. The van der Waals surface area contributed by atoms with Crippen LogP contribution in [0.25, 0.3) is 0 Å². The van der Waals surface area contributed by atoms with E-state index in [1.54, 1.807) is 0 Å². The molecular weight excluding hydrogens is 202 g/mol. The maximum Gasteiger partial charge on any atom is 0.0480 e. The lowest BCUT2D eigenvalue weighted by molar-refractivity contribution is 0.116. The fraction of sp³-hybridized carbons (Fsp3) is 1.00. The Hall–Kier alpha value is -0.120. The Bertz CT molecular complexity index is 147. The highest BCUT2D eigenvalue weighted by atomic mass is 16.5. The molecule has 1 aliphatic rings. The third kappa shape index (κ3) is 7.20. The second kappa shape index (κ2) is 10.1. The van der Waals surface area contributed by atoms with Crippen LogP contribution in [0.2, 0.25) is 0 Å². The van der Waals surface area contributed by atoms with Gasteiger partial charge in [-0.2, -0.15) is 0 Å². The summed E-state index contributed by atoms with van der Waals surface area (Å²) in [6.45, 7) is 3.30. The van der Waals surface area contributed by atoms with E-state index in [-0.39, 0.29) is 0 Å². The van der Waals surface area contributed by atoms with Crippen molar-refractivity contribution in [2.75, 3.05) is 26.4 Å². The summed E-state index contributed by atoms with van der Waals surface area (Å²) in [6, 6.07) is 0.697. The van der Waals surface area contributed by atoms with Crippen LogP contribution >= 0.6 is 0 Å². The molecule has 0 aromatic carbocycles. The molecule has 0 aliphatic carbocycles. The molecule has 1 unspecified atom stereocenters. The van der Waals surface area contributed by atoms with E-state index in [2.05, 4.69) is 5.32 Å². The molecule has 0 bridgehead atoms. The van der Waals surface area contributed by atoms with Crippen LogP contribution in [-0.2, 0) is 4.74 Å². The van der Waals surface area contributed by atoms with E-state index in [1.165, 1.54) is 32.2 Å². The predicted octanol–water partition coefficient (Wildman–Crippen LogP) is 2.09. The Labute approximate surface area is 99.6 Å². The molecule has 3 nitrogen and oxygen atoms in total. The molecular formula is C13H27NO2. The van der Waals surface area contributed by atoms with Crippen LogP contribution in [0.3, 0.4) is 0 Å². The molecule has 0 radical (unpaired) electrons. The molecule has 0 amide bonds. The van der Waals surface area contributed by atoms with Crippen molar-refractivity contribution >= 4 is 0 Å². The van der Waals surface area contributed by atoms with Gasteiger partial charge in [0.25, 0.3) is 0 Å². The van der Waals surface area contributed by atoms with Crippen molar-refractivity contribution in [3.05, 3.63) is 0 Å². The molecule has 96 valence electrons. The maximum atomic E-state index is 8.61. The van der Waals surface area contributed by atoms with Crippen molar-refractivity contribution in [2.24, 2.45) is 0 Å². The number of aliphatic hydroxyl groups excluding tert-OH is 1. The molecule has 1 atom stereocenters. The lowest BCUT2D eigenvalue weighted by Crippen LogP contribution is -2.34. The van der Waals surface area contributed by atoms with E-state index in [1.807, 2.05) is 0 Å². The van der Waals surface area contributed by atoms with Gasteiger partial charge in [-0.3, -0.25) is 0 Å². The van der Waals surface area contributed by atoms with Gasteiger partial charge in [-0.05, 0) is 38.6 Å². The molecule has 0 saturated carbocycles. The summed E-state index contributed by atoms with van der Waals surface area (Å²) in [5, 5.41) is 12.1. The standard InChI is InChI=1S/C13H27NO2/c15-10-5-1-2-6-11-16-12-8-13-7-3-4-9-14-13/h13-15H,1-12H2. The van der Waals surface area contributed by atoms with Crippen LogP contribution in [0.1, 0.15) is 51.4 Å². The summed E-state index contributed by atoms with van der Waals surface area (Å²) in [4.78, 5) is 0. The van der Waals surface area contributed by atoms with Crippen LogP contribution in [0.5, 0.6) is 0 Å². The lowest BCUT2D eigenvalue weighted by Gasteiger charge is -2.23. The molecule has 0 aromatic rings. The zero-order valence-electron chi connectivity index (χ0n) is 10.4. The van der Waals surface area contributed by atoms with Gasteiger partial charge in [0.1, 0.15) is 0 Å². The van der Waals surface area contributed by atoms with Gasteiger partial charge >= 0.3 is 0 Å². The summed E-state index contributed by atoms with van der Waals surface area (Å²) in [5.41, 5.74) is 0. The molecule has 1 fully saturated rings. The molecule has 16 heavy (non-hydrogen) atoms. The van der Waals surface area contributed by atoms with Crippen LogP contribution in [0, 0.1) is 0 Å². The first kappa shape index (κ1) is 13.9. The van der Waals surface area contributed by atoms with Gasteiger partial charge in [0.2, 0.25) is 0 Å². The van der Waals surface area contributed by atoms with Crippen LogP contribution in [0.4, 0.5) is 0 Å². The average molecular weight is 229 g/mol. The highest BCUT2D eigenvalue weighted by Gasteiger charge is 2.11. The number of unbranched alkanes of at least 4 members (excludes halogenated alkanes) is 3. The van der Waals surface area contributed by atoms with E-state index >= 15 is 0 Å². The van der Waals surface area contributed by atoms with Gasteiger partial charge in [-0.25, -0.2) is 0 Å². The minimum atomic E-state index is 0.328. The first-order chi connectivity index (χ1) is 7.93. The minimum absolute atomic E-state index is 0.328. The number of piperidine rings is 1. The zero-order chi connectivity index (χ0) is 11.5. The average Bonchev–Trinajstić information content (AvgIpc) is 2.34. The molecule has 1 saturated heterocycles. The molecule has 1 heterocycles. The van der Waals surface area contributed by atoms with E-state index < -0.39 is 0 Å². The Morgan fingerprint density at radius 3 is 2.69 bits per heavy atom. The molecule has 3 heteroatoms. The fourth-order valence-electron chi connectivity index (χ4n) is 2.17.